The minimum Gasteiger partial charge on any atom is -0.507 e. The Labute approximate surface area is 104 Å². The second kappa shape index (κ2) is 3.90. The number of halogens is 1. The van der Waals surface area contributed by atoms with Crippen molar-refractivity contribution >= 4 is 23.0 Å². The molecule has 0 saturated heterocycles. The zero-order chi connectivity index (χ0) is 11.8. The summed E-state index contributed by atoms with van der Waals surface area (Å²) in [5.41, 5.74) is 3.74. The molecule has 1 aliphatic heterocycles. The normalized spacial score (nSPS) is 13.4. The molecule has 0 atom stereocenters. The largest absolute Gasteiger partial charge is 0.507 e. The fraction of sp³-hybridized carbons (Fsp3) is 0.0714. The molecule has 0 bridgehead atoms. The van der Waals surface area contributed by atoms with Crippen molar-refractivity contribution in [2.45, 2.75) is 6.42 Å². The van der Waals surface area contributed by atoms with Gasteiger partial charge in [-0.1, -0.05) is 29.8 Å². The molecule has 1 aliphatic rings. The van der Waals surface area contributed by atoms with Crippen LogP contribution in [0.5, 0.6) is 5.75 Å². The molecule has 2 nitrogen and oxygen atoms in total. The summed E-state index contributed by atoms with van der Waals surface area (Å²) in [6.07, 6.45) is 0.740. The summed E-state index contributed by atoms with van der Waals surface area (Å²) in [5, 5.41) is 10.4. The van der Waals surface area contributed by atoms with E-state index in [2.05, 4.69) is 4.99 Å². The van der Waals surface area contributed by atoms with Gasteiger partial charge in [0, 0.05) is 17.0 Å². The van der Waals surface area contributed by atoms with E-state index in [0.717, 1.165) is 17.8 Å². The summed E-state index contributed by atoms with van der Waals surface area (Å²) in [5.74, 6) is 0.223. The first kappa shape index (κ1) is 10.4. The van der Waals surface area contributed by atoms with Gasteiger partial charge < -0.3 is 5.11 Å². The highest BCUT2D eigenvalue weighted by molar-refractivity contribution is 6.31. The summed E-state index contributed by atoms with van der Waals surface area (Å²) >= 11 is 5.94. The number of benzene rings is 2. The average molecular weight is 244 g/mol. The zero-order valence-electron chi connectivity index (χ0n) is 9.02. The first-order chi connectivity index (χ1) is 8.24. The number of hydrogen-bond donors (Lipinski definition) is 1. The number of aromatic hydroxyl groups is 1. The minimum absolute atomic E-state index is 0.223. The Hall–Kier alpha value is -1.80. The van der Waals surface area contributed by atoms with Gasteiger partial charge in [0.2, 0.25) is 0 Å². The molecule has 0 aliphatic carbocycles. The van der Waals surface area contributed by atoms with Crippen LogP contribution in [0.15, 0.2) is 47.5 Å². The lowest BCUT2D eigenvalue weighted by Gasteiger charge is -2.04. The second-order valence-corrected chi connectivity index (χ2v) is 4.46. The summed E-state index contributed by atoms with van der Waals surface area (Å²) < 4.78 is 0. The molecule has 2 aromatic carbocycles. The molecule has 1 N–H and O–H groups in total. The quantitative estimate of drug-likeness (QED) is 0.814. The first-order valence-corrected chi connectivity index (χ1v) is 5.76. The number of aliphatic imine (C=N–C) groups is 1. The number of nitrogens with zero attached hydrogens (tertiary/aromatic N) is 1. The SMILES string of the molecule is Oc1ccc(Cl)cc1C1=Nc2ccccc2C1. The van der Waals surface area contributed by atoms with Gasteiger partial charge in [-0.05, 0) is 29.8 Å². The molecule has 2 aromatic rings. The summed E-state index contributed by atoms with van der Waals surface area (Å²) in [4.78, 5) is 4.52. The highest BCUT2D eigenvalue weighted by atomic mass is 35.5. The Bertz CT molecular complexity index is 619. The molecule has 3 heteroatoms. The van der Waals surface area contributed by atoms with Crippen LogP contribution in [-0.4, -0.2) is 10.8 Å². The number of hydrogen-bond acceptors (Lipinski definition) is 2. The third-order valence-corrected chi connectivity index (χ3v) is 3.11. The maximum absolute atomic E-state index is 9.83. The summed E-state index contributed by atoms with van der Waals surface area (Å²) in [7, 11) is 0. The van der Waals surface area contributed by atoms with Crippen LogP contribution >= 0.6 is 11.6 Å². The number of fused-ring (bicyclic) bond motifs is 1. The molecular weight excluding hydrogens is 234 g/mol. The van der Waals surface area contributed by atoms with Crippen LogP contribution in [0.1, 0.15) is 11.1 Å². The van der Waals surface area contributed by atoms with Crippen LogP contribution in [0.3, 0.4) is 0 Å². The van der Waals surface area contributed by atoms with Crippen LogP contribution in [0, 0.1) is 0 Å². The molecule has 84 valence electrons. The maximum Gasteiger partial charge on any atom is 0.124 e. The molecular formula is C14H10ClNO. The highest BCUT2D eigenvalue weighted by Gasteiger charge is 2.17. The van der Waals surface area contributed by atoms with E-state index in [1.807, 2.05) is 24.3 Å². The standard InChI is InChI=1S/C14H10ClNO/c15-10-5-6-14(17)11(8-10)13-7-9-3-1-2-4-12(9)16-13/h1-6,8,17H,7H2. The first-order valence-electron chi connectivity index (χ1n) is 5.38. The lowest BCUT2D eigenvalue weighted by molar-refractivity contribution is 0.474. The van der Waals surface area contributed by atoms with Gasteiger partial charge in [-0.25, -0.2) is 0 Å². The van der Waals surface area contributed by atoms with E-state index in [-0.39, 0.29) is 5.75 Å². The van der Waals surface area contributed by atoms with Crippen molar-refractivity contribution in [3.63, 3.8) is 0 Å². The van der Waals surface area contributed by atoms with Crippen LogP contribution in [0.4, 0.5) is 5.69 Å². The van der Waals surface area contributed by atoms with Crippen LogP contribution in [0.2, 0.25) is 5.02 Å². The van der Waals surface area contributed by atoms with Gasteiger partial charge in [0.1, 0.15) is 5.75 Å². The zero-order valence-corrected chi connectivity index (χ0v) is 9.78. The number of rotatable bonds is 1. The topological polar surface area (TPSA) is 32.6 Å². The fourth-order valence-electron chi connectivity index (χ4n) is 2.03. The molecule has 0 aromatic heterocycles. The van der Waals surface area contributed by atoms with Crippen molar-refractivity contribution in [1.29, 1.82) is 0 Å². The van der Waals surface area contributed by atoms with Crippen LogP contribution in [-0.2, 0) is 6.42 Å². The van der Waals surface area contributed by atoms with Crippen molar-refractivity contribution in [2.24, 2.45) is 4.99 Å². The van der Waals surface area contributed by atoms with Crippen molar-refractivity contribution < 1.29 is 5.11 Å². The van der Waals surface area contributed by atoms with Crippen LogP contribution < -0.4 is 0 Å². The average Bonchev–Trinajstić information content (AvgIpc) is 2.75. The van der Waals surface area contributed by atoms with Gasteiger partial charge in [0.15, 0.2) is 0 Å². The molecule has 0 unspecified atom stereocenters. The predicted molar refractivity (Wildman–Crippen MR) is 69.5 cm³/mol. The van der Waals surface area contributed by atoms with Gasteiger partial charge in [-0.2, -0.15) is 0 Å². The lowest BCUT2D eigenvalue weighted by atomic mass is 10.0. The van der Waals surface area contributed by atoms with Gasteiger partial charge in [0.25, 0.3) is 0 Å². The Balaban J connectivity index is 2.06. The highest BCUT2D eigenvalue weighted by Crippen LogP contribution is 2.32. The summed E-state index contributed by atoms with van der Waals surface area (Å²) in [6.45, 7) is 0. The van der Waals surface area contributed by atoms with E-state index in [4.69, 9.17) is 11.6 Å². The third-order valence-electron chi connectivity index (χ3n) is 2.87. The second-order valence-electron chi connectivity index (χ2n) is 4.03. The fourth-order valence-corrected chi connectivity index (χ4v) is 2.20. The predicted octanol–water partition coefficient (Wildman–Crippen LogP) is 3.72. The van der Waals surface area contributed by atoms with E-state index in [1.54, 1.807) is 18.2 Å². The Morgan fingerprint density at radius 3 is 2.76 bits per heavy atom. The maximum atomic E-state index is 9.83. The van der Waals surface area contributed by atoms with Gasteiger partial charge >= 0.3 is 0 Å². The smallest absolute Gasteiger partial charge is 0.124 e. The summed E-state index contributed by atoms with van der Waals surface area (Å²) in [6, 6.07) is 13.0. The minimum atomic E-state index is 0.223. The Morgan fingerprint density at radius 2 is 1.94 bits per heavy atom. The third kappa shape index (κ3) is 1.81. The molecule has 0 spiro atoms. The van der Waals surface area contributed by atoms with E-state index < -0.39 is 0 Å². The van der Waals surface area contributed by atoms with Crippen molar-refractivity contribution in [3.8, 4) is 5.75 Å². The molecule has 0 amide bonds. The molecule has 0 saturated carbocycles. The van der Waals surface area contributed by atoms with E-state index in [0.29, 0.717) is 10.6 Å². The molecule has 1 heterocycles. The Morgan fingerprint density at radius 1 is 1.12 bits per heavy atom. The van der Waals surface area contributed by atoms with Gasteiger partial charge in [-0.15, -0.1) is 0 Å². The van der Waals surface area contributed by atoms with Gasteiger partial charge in [0.05, 0.1) is 11.4 Å². The Kier molecular flexibility index (Phi) is 2.37. The molecule has 17 heavy (non-hydrogen) atoms. The van der Waals surface area contributed by atoms with E-state index >= 15 is 0 Å². The lowest BCUT2D eigenvalue weighted by Crippen LogP contribution is -2.00. The van der Waals surface area contributed by atoms with E-state index in [9.17, 15) is 5.11 Å². The van der Waals surface area contributed by atoms with Crippen LogP contribution in [0.25, 0.3) is 0 Å². The van der Waals surface area contributed by atoms with Gasteiger partial charge in [-0.3, -0.25) is 4.99 Å². The molecule has 0 radical (unpaired) electrons. The monoisotopic (exact) mass is 243 g/mol. The van der Waals surface area contributed by atoms with E-state index in [1.165, 1.54) is 5.56 Å². The van der Waals surface area contributed by atoms with Crippen molar-refractivity contribution in [3.05, 3.63) is 58.6 Å². The number of para-hydroxylation sites is 1. The molecule has 0 fully saturated rings. The number of phenolic OH excluding ortho intramolecular Hbond substituents is 1. The van der Waals surface area contributed by atoms with Crippen molar-refractivity contribution in [1.82, 2.24) is 0 Å². The number of phenols is 1. The molecule has 3 rings (SSSR count). The van der Waals surface area contributed by atoms with Crippen molar-refractivity contribution in [2.75, 3.05) is 0 Å².